The Balaban J connectivity index is 1.68. The molecule has 3 rings (SSSR count). The van der Waals surface area contributed by atoms with Crippen LogP contribution in [0.15, 0.2) is 12.1 Å². The molecule has 24 heavy (non-hydrogen) atoms. The number of benzene rings is 1. The zero-order valence-electron chi connectivity index (χ0n) is 14.3. The summed E-state index contributed by atoms with van der Waals surface area (Å²) in [5, 5.41) is 5.43. The van der Waals surface area contributed by atoms with Gasteiger partial charge in [0.15, 0.2) is 11.6 Å². The van der Waals surface area contributed by atoms with E-state index in [4.69, 9.17) is 4.74 Å². The van der Waals surface area contributed by atoms with Gasteiger partial charge in [0.2, 0.25) is 0 Å². The molecule has 0 unspecified atom stereocenters. The summed E-state index contributed by atoms with van der Waals surface area (Å²) in [6.07, 6.45) is 1.08. The fourth-order valence-electron chi connectivity index (χ4n) is 3.99. The van der Waals surface area contributed by atoms with Crippen LogP contribution in [0.1, 0.15) is 20.3 Å². The molecule has 5 nitrogen and oxygen atoms in total. The van der Waals surface area contributed by atoms with Crippen LogP contribution < -0.4 is 15.5 Å². The number of hydrogen-bond acceptors (Lipinski definition) is 3. The maximum absolute atomic E-state index is 14.0. The molecule has 1 heterocycles. The molecule has 7 heteroatoms. The van der Waals surface area contributed by atoms with E-state index in [1.54, 1.807) is 14.1 Å². The molecule has 2 amide bonds. The first-order chi connectivity index (χ1) is 11.2. The molecule has 2 N–H and O–H groups in total. The third kappa shape index (κ3) is 2.70. The Morgan fingerprint density at radius 2 is 1.92 bits per heavy atom. The Morgan fingerprint density at radius 1 is 1.29 bits per heavy atom. The van der Waals surface area contributed by atoms with Gasteiger partial charge in [0.05, 0.1) is 6.10 Å². The van der Waals surface area contributed by atoms with Crippen LogP contribution in [0.5, 0.6) is 0 Å². The average molecular weight is 339 g/mol. The molecule has 1 aromatic rings. The van der Waals surface area contributed by atoms with Crippen molar-refractivity contribution < 1.29 is 18.3 Å². The first kappa shape index (κ1) is 17.0. The van der Waals surface area contributed by atoms with E-state index in [-0.39, 0.29) is 28.9 Å². The Morgan fingerprint density at radius 3 is 2.50 bits per heavy atom. The quantitative estimate of drug-likeness (QED) is 0.890. The van der Waals surface area contributed by atoms with Crippen molar-refractivity contribution in [2.45, 2.75) is 32.4 Å². The summed E-state index contributed by atoms with van der Waals surface area (Å²) in [7, 11) is 3.11. The first-order valence-electron chi connectivity index (χ1n) is 8.07. The van der Waals surface area contributed by atoms with E-state index >= 15 is 0 Å². The Hall–Kier alpha value is -1.89. The second-order valence-corrected chi connectivity index (χ2v) is 7.32. The Labute approximate surface area is 140 Å². The number of anilines is 2. The lowest BCUT2D eigenvalue weighted by molar-refractivity contribution is -0.107. The van der Waals surface area contributed by atoms with Gasteiger partial charge in [-0.05, 0) is 18.6 Å². The van der Waals surface area contributed by atoms with Gasteiger partial charge in [-0.1, -0.05) is 13.8 Å². The van der Waals surface area contributed by atoms with Crippen LogP contribution in [0.2, 0.25) is 0 Å². The van der Waals surface area contributed by atoms with Gasteiger partial charge in [-0.3, -0.25) is 0 Å². The van der Waals surface area contributed by atoms with Gasteiger partial charge < -0.3 is 20.3 Å². The molecule has 2 aliphatic rings. The topological polar surface area (TPSA) is 53.6 Å². The number of nitrogens with one attached hydrogen (secondary N) is 2. The normalized spacial score (nSPS) is 27.2. The highest BCUT2D eigenvalue weighted by atomic mass is 19.1. The molecule has 0 bridgehead atoms. The summed E-state index contributed by atoms with van der Waals surface area (Å²) in [4.78, 5) is 13.6. The lowest BCUT2D eigenvalue weighted by Crippen LogP contribution is -2.67. The van der Waals surface area contributed by atoms with Crippen molar-refractivity contribution in [2.24, 2.45) is 11.3 Å². The molecule has 0 aromatic heterocycles. The van der Waals surface area contributed by atoms with E-state index in [0.717, 1.165) is 18.6 Å². The first-order valence-corrected chi connectivity index (χ1v) is 8.07. The van der Waals surface area contributed by atoms with Gasteiger partial charge >= 0.3 is 6.03 Å². The monoisotopic (exact) mass is 339 g/mol. The lowest BCUT2D eigenvalue weighted by atomic mass is 9.57. The molecule has 132 valence electrons. The molecule has 1 aromatic carbocycles. The van der Waals surface area contributed by atoms with Crippen molar-refractivity contribution >= 4 is 17.4 Å². The van der Waals surface area contributed by atoms with Crippen LogP contribution in [-0.4, -0.2) is 38.9 Å². The van der Waals surface area contributed by atoms with E-state index in [9.17, 15) is 13.6 Å². The molecule has 2 fully saturated rings. The summed E-state index contributed by atoms with van der Waals surface area (Å²) in [6, 6.07) is 1.76. The number of amides is 2. The molecule has 3 atom stereocenters. The van der Waals surface area contributed by atoms with E-state index in [2.05, 4.69) is 24.5 Å². The largest absolute Gasteiger partial charge is 0.377 e. The maximum atomic E-state index is 14.0. The van der Waals surface area contributed by atoms with Gasteiger partial charge in [0.1, 0.15) is 5.69 Å². The van der Waals surface area contributed by atoms with E-state index in [1.807, 2.05) is 0 Å². The minimum atomic E-state index is -0.719. The molecule has 1 saturated carbocycles. The molecule has 1 aliphatic heterocycles. The molecule has 0 spiro atoms. The molecular formula is C17H23F2N3O2. The van der Waals surface area contributed by atoms with E-state index in [1.165, 1.54) is 4.90 Å². The number of rotatable bonds is 3. The molecule has 0 radical (unpaired) electrons. The maximum Gasteiger partial charge on any atom is 0.319 e. The van der Waals surface area contributed by atoms with Crippen LogP contribution in [0.4, 0.5) is 25.0 Å². The predicted octanol–water partition coefficient (Wildman–Crippen LogP) is 2.97. The average Bonchev–Trinajstić information content (AvgIpc) is 2.90. The summed E-state index contributed by atoms with van der Waals surface area (Å²) < 4.78 is 33.7. The lowest BCUT2D eigenvalue weighted by Gasteiger charge is -2.54. The standard InChI is InChI=1S/C17H23F2N3O2/c1-17(2)14(10-5-6-24-15(10)17)21-16(23)20-9-7-11(18)13(22(3)4)12(19)8-9/h7-8,10,14-15H,5-6H2,1-4H3,(H2,20,21,23)/t10-,14-,15-/m1/s1. The highest BCUT2D eigenvalue weighted by Gasteiger charge is 2.59. The summed E-state index contributed by atoms with van der Waals surface area (Å²) in [5.74, 6) is -1.14. The third-order valence-electron chi connectivity index (χ3n) is 5.11. The predicted molar refractivity (Wildman–Crippen MR) is 88.3 cm³/mol. The van der Waals surface area contributed by atoms with Gasteiger partial charge in [0, 0.05) is 43.8 Å². The van der Waals surface area contributed by atoms with Gasteiger partial charge in [-0.2, -0.15) is 0 Å². The fraction of sp³-hybridized carbons (Fsp3) is 0.588. The second-order valence-electron chi connectivity index (χ2n) is 7.32. The van der Waals surface area contributed by atoms with Crippen LogP contribution in [0.3, 0.4) is 0 Å². The zero-order valence-corrected chi connectivity index (χ0v) is 14.3. The Bertz CT molecular complexity index is 640. The highest BCUT2D eigenvalue weighted by molar-refractivity contribution is 5.90. The van der Waals surface area contributed by atoms with Crippen LogP contribution in [0.25, 0.3) is 0 Å². The van der Waals surface area contributed by atoms with Crippen molar-refractivity contribution in [1.82, 2.24) is 5.32 Å². The summed E-state index contributed by atoms with van der Waals surface area (Å²) in [5.41, 5.74) is -0.194. The van der Waals surface area contributed by atoms with Crippen LogP contribution in [0, 0.1) is 23.0 Å². The van der Waals surface area contributed by atoms with Crippen molar-refractivity contribution in [1.29, 1.82) is 0 Å². The zero-order chi connectivity index (χ0) is 17.6. The van der Waals surface area contributed by atoms with Gasteiger partial charge in [-0.25, -0.2) is 13.6 Å². The second kappa shape index (κ2) is 5.88. The van der Waals surface area contributed by atoms with Crippen LogP contribution >= 0.6 is 0 Å². The SMILES string of the molecule is CN(C)c1c(F)cc(NC(=O)N[C@@H]2[C@H]3CCO[C@H]3C2(C)C)cc1F. The van der Waals surface area contributed by atoms with Gasteiger partial charge in [-0.15, -0.1) is 0 Å². The fourth-order valence-corrected chi connectivity index (χ4v) is 3.99. The number of hydrogen-bond donors (Lipinski definition) is 2. The van der Waals surface area contributed by atoms with E-state index in [0.29, 0.717) is 12.5 Å². The summed E-state index contributed by atoms with van der Waals surface area (Å²) in [6.45, 7) is 4.81. The number of ether oxygens (including phenoxy) is 1. The Kier molecular flexibility index (Phi) is 4.15. The smallest absolute Gasteiger partial charge is 0.319 e. The third-order valence-corrected chi connectivity index (χ3v) is 5.11. The number of fused-ring (bicyclic) bond motifs is 1. The molecule has 1 saturated heterocycles. The number of carbonyl (C=O) groups is 1. The van der Waals surface area contributed by atoms with Crippen molar-refractivity contribution in [3.8, 4) is 0 Å². The van der Waals surface area contributed by atoms with Crippen molar-refractivity contribution in [3.63, 3.8) is 0 Å². The minimum Gasteiger partial charge on any atom is -0.377 e. The molecular weight excluding hydrogens is 316 g/mol. The van der Waals surface area contributed by atoms with Gasteiger partial charge in [0.25, 0.3) is 0 Å². The van der Waals surface area contributed by atoms with Crippen molar-refractivity contribution in [3.05, 3.63) is 23.8 Å². The minimum absolute atomic E-state index is 0.0132. The van der Waals surface area contributed by atoms with Crippen LogP contribution in [-0.2, 0) is 4.74 Å². The number of urea groups is 1. The molecule has 1 aliphatic carbocycles. The highest BCUT2D eigenvalue weighted by Crippen LogP contribution is 2.52. The van der Waals surface area contributed by atoms with E-state index < -0.39 is 17.7 Å². The number of halogens is 2. The number of carbonyl (C=O) groups excluding carboxylic acids is 1. The van der Waals surface area contributed by atoms with Crippen molar-refractivity contribution in [2.75, 3.05) is 30.9 Å². The summed E-state index contributed by atoms with van der Waals surface area (Å²) >= 11 is 0. The number of nitrogens with zero attached hydrogens (tertiary/aromatic N) is 1.